The summed E-state index contributed by atoms with van der Waals surface area (Å²) in [4.78, 5) is 10.4. The van der Waals surface area contributed by atoms with Gasteiger partial charge in [0.05, 0.1) is 0 Å². The minimum atomic E-state index is -3.15. The van der Waals surface area contributed by atoms with Crippen molar-refractivity contribution in [2.45, 2.75) is 25.3 Å². The molecule has 1 amide bonds. The van der Waals surface area contributed by atoms with E-state index in [0.717, 1.165) is 0 Å². The third kappa shape index (κ3) is 1.58. The van der Waals surface area contributed by atoms with Gasteiger partial charge in [-0.05, 0) is 12.8 Å². The number of carboxylic acid groups (broad SMARTS) is 1. The Bertz CT molecular complexity index is 172. The summed E-state index contributed by atoms with van der Waals surface area (Å²) in [6.07, 6.45) is -0.951. The summed E-state index contributed by atoms with van der Waals surface area (Å²) in [6, 6.07) is -3.15. The van der Waals surface area contributed by atoms with Crippen molar-refractivity contribution in [3.8, 4) is 0 Å². The molecular formula is C6H9F2NO2. The standard InChI is InChI=1S/C6H9F2NO2/c7-6(8)3-1-2-4-9(6)5(10)11/h1-4H2,(H,10,11). The van der Waals surface area contributed by atoms with E-state index in [-0.39, 0.29) is 17.9 Å². The molecule has 1 saturated heterocycles. The first-order valence-corrected chi connectivity index (χ1v) is 3.42. The number of carbonyl (C=O) groups is 1. The number of likely N-dealkylation sites (tertiary alicyclic amines) is 1. The van der Waals surface area contributed by atoms with Crippen LogP contribution in [0.1, 0.15) is 19.3 Å². The molecule has 0 bridgehead atoms. The van der Waals surface area contributed by atoms with Gasteiger partial charge in [0, 0.05) is 13.0 Å². The van der Waals surface area contributed by atoms with Crippen LogP contribution in [0.5, 0.6) is 0 Å². The molecule has 1 aliphatic heterocycles. The highest BCUT2D eigenvalue weighted by atomic mass is 19.3. The van der Waals surface area contributed by atoms with Crippen molar-refractivity contribution >= 4 is 6.09 Å². The number of hydrogen-bond donors (Lipinski definition) is 1. The van der Waals surface area contributed by atoms with Gasteiger partial charge in [0.1, 0.15) is 0 Å². The summed E-state index contributed by atoms with van der Waals surface area (Å²) in [5, 5.41) is 8.32. The fourth-order valence-electron chi connectivity index (χ4n) is 1.14. The maximum atomic E-state index is 12.7. The summed E-state index contributed by atoms with van der Waals surface area (Å²) >= 11 is 0. The highest BCUT2D eigenvalue weighted by Gasteiger charge is 2.42. The Balaban J connectivity index is 2.67. The summed E-state index contributed by atoms with van der Waals surface area (Å²) < 4.78 is 25.3. The fourth-order valence-corrected chi connectivity index (χ4v) is 1.14. The predicted molar refractivity (Wildman–Crippen MR) is 33.5 cm³/mol. The molecule has 0 aromatic carbocycles. The van der Waals surface area contributed by atoms with Crippen LogP contribution in [0.25, 0.3) is 0 Å². The summed E-state index contributed by atoms with van der Waals surface area (Å²) in [5.41, 5.74) is 0. The number of halogens is 2. The molecule has 0 saturated carbocycles. The zero-order valence-corrected chi connectivity index (χ0v) is 5.89. The lowest BCUT2D eigenvalue weighted by atomic mass is 10.1. The Morgan fingerprint density at radius 1 is 1.45 bits per heavy atom. The maximum Gasteiger partial charge on any atom is 0.411 e. The first-order chi connectivity index (χ1) is 5.04. The number of alkyl halides is 2. The van der Waals surface area contributed by atoms with Gasteiger partial charge in [-0.15, -0.1) is 0 Å². The van der Waals surface area contributed by atoms with Gasteiger partial charge < -0.3 is 5.11 Å². The van der Waals surface area contributed by atoms with E-state index in [2.05, 4.69) is 0 Å². The average molecular weight is 165 g/mol. The molecule has 1 fully saturated rings. The molecule has 11 heavy (non-hydrogen) atoms. The first-order valence-electron chi connectivity index (χ1n) is 3.42. The SMILES string of the molecule is O=C(O)N1CCCCC1(F)F. The molecule has 5 heteroatoms. The minimum absolute atomic E-state index is 0.0532. The van der Waals surface area contributed by atoms with Crippen molar-refractivity contribution in [1.82, 2.24) is 4.90 Å². The van der Waals surface area contributed by atoms with Gasteiger partial charge in [-0.1, -0.05) is 0 Å². The van der Waals surface area contributed by atoms with Crippen molar-refractivity contribution < 1.29 is 18.7 Å². The van der Waals surface area contributed by atoms with Crippen LogP contribution in [0.15, 0.2) is 0 Å². The van der Waals surface area contributed by atoms with E-state index in [1.165, 1.54) is 0 Å². The topological polar surface area (TPSA) is 40.5 Å². The van der Waals surface area contributed by atoms with Gasteiger partial charge >= 0.3 is 12.1 Å². The van der Waals surface area contributed by atoms with E-state index in [0.29, 0.717) is 12.8 Å². The molecule has 1 aliphatic rings. The van der Waals surface area contributed by atoms with Crippen LogP contribution in [0, 0.1) is 0 Å². The second-order valence-corrected chi connectivity index (χ2v) is 2.56. The molecular weight excluding hydrogens is 156 g/mol. The van der Waals surface area contributed by atoms with Crippen LogP contribution in [0.2, 0.25) is 0 Å². The van der Waals surface area contributed by atoms with E-state index >= 15 is 0 Å². The Morgan fingerprint density at radius 2 is 2.09 bits per heavy atom. The third-order valence-electron chi connectivity index (χ3n) is 1.74. The normalized spacial score (nSPS) is 23.3. The number of nitrogens with zero attached hydrogens (tertiary/aromatic N) is 1. The molecule has 0 atom stereocenters. The number of piperidine rings is 1. The van der Waals surface area contributed by atoms with Gasteiger partial charge in [0.15, 0.2) is 0 Å². The van der Waals surface area contributed by atoms with Gasteiger partial charge in [-0.3, -0.25) is 0 Å². The molecule has 64 valence electrons. The maximum absolute atomic E-state index is 12.7. The molecule has 0 unspecified atom stereocenters. The zero-order valence-electron chi connectivity index (χ0n) is 5.89. The van der Waals surface area contributed by atoms with Crippen LogP contribution < -0.4 is 0 Å². The lowest BCUT2D eigenvalue weighted by Gasteiger charge is -2.32. The minimum Gasteiger partial charge on any atom is -0.465 e. The van der Waals surface area contributed by atoms with Crippen molar-refractivity contribution in [3.05, 3.63) is 0 Å². The summed E-state index contributed by atoms with van der Waals surface area (Å²) in [6.45, 7) is -0.0532. The lowest BCUT2D eigenvalue weighted by Crippen LogP contribution is -2.48. The van der Waals surface area contributed by atoms with E-state index in [4.69, 9.17) is 5.11 Å². The number of hydrogen-bond acceptors (Lipinski definition) is 1. The van der Waals surface area contributed by atoms with E-state index in [1.807, 2.05) is 0 Å². The highest BCUT2D eigenvalue weighted by molar-refractivity contribution is 5.65. The van der Waals surface area contributed by atoms with Crippen molar-refractivity contribution in [2.75, 3.05) is 6.54 Å². The van der Waals surface area contributed by atoms with Crippen LogP contribution in [0.4, 0.5) is 13.6 Å². The summed E-state index contributed by atoms with van der Waals surface area (Å²) in [7, 11) is 0. The van der Waals surface area contributed by atoms with Crippen LogP contribution in [-0.2, 0) is 0 Å². The fraction of sp³-hybridized carbons (Fsp3) is 0.833. The Labute approximate surface area is 62.6 Å². The Hall–Kier alpha value is -0.870. The van der Waals surface area contributed by atoms with Crippen LogP contribution in [0.3, 0.4) is 0 Å². The van der Waals surface area contributed by atoms with E-state index in [9.17, 15) is 13.6 Å². The monoisotopic (exact) mass is 165 g/mol. The summed E-state index contributed by atoms with van der Waals surface area (Å²) in [5.74, 6) is 0. The van der Waals surface area contributed by atoms with Crippen molar-refractivity contribution in [3.63, 3.8) is 0 Å². The molecule has 0 spiro atoms. The van der Waals surface area contributed by atoms with Crippen LogP contribution >= 0.6 is 0 Å². The van der Waals surface area contributed by atoms with Crippen LogP contribution in [-0.4, -0.2) is 28.7 Å². The predicted octanol–water partition coefficient (Wildman–Crippen LogP) is 1.74. The number of amides is 1. The Kier molecular flexibility index (Phi) is 1.97. The quantitative estimate of drug-likeness (QED) is 0.555. The number of rotatable bonds is 0. The molecule has 0 aromatic rings. The lowest BCUT2D eigenvalue weighted by molar-refractivity contribution is -0.148. The first kappa shape index (κ1) is 8.23. The van der Waals surface area contributed by atoms with Crippen molar-refractivity contribution in [2.24, 2.45) is 0 Å². The Morgan fingerprint density at radius 3 is 2.45 bits per heavy atom. The zero-order chi connectivity index (χ0) is 8.48. The second kappa shape index (κ2) is 2.64. The molecule has 1 heterocycles. The smallest absolute Gasteiger partial charge is 0.411 e. The molecule has 1 rings (SSSR count). The van der Waals surface area contributed by atoms with Gasteiger partial charge in [0.2, 0.25) is 0 Å². The van der Waals surface area contributed by atoms with E-state index < -0.39 is 12.1 Å². The van der Waals surface area contributed by atoms with Gasteiger partial charge in [-0.2, -0.15) is 8.78 Å². The largest absolute Gasteiger partial charge is 0.465 e. The molecule has 0 aliphatic carbocycles. The molecule has 3 nitrogen and oxygen atoms in total. The molecule has 1 N–H and O–H groups in total. The highest BCUT2D eigenvalue weighted by Crippen LogP contribution is 2.30. The van der Waals surface area contributed by atoms with E-state index in [1.54, 1.807) is 0 Å². The molecule has 0 radical (unpaired) electrons. The molecule has 0 aromatic heterocycles. The van der Waals surface area contributed by atoms with Gasteiger partial charge in [-0.25, -0.2) is 9.69 Å². The van der Waals surface area contributed by atoms with Gasteiger partial charge in [0.25, 0.3) is 0 Å². The van der Waals surface area contributed by atoms with Crippen molar-refractivity contribution in [1.29, 1.82) is 0 Å². The second-order valence-electron chi connectivity index (χ2n) is 2.56. The third-order valence-corrected chi connectivity index (χ3v) is 1.74. The average Bonchev–Trinajstić information content (AvgIpc) is 1.85.